The summed E-state index contributed by atoms with van der Waals surface area (Å²) in [5.41, 5.74) is 5.31. The molecule has 0 aromatic rings. The fraction of sp³-hybridized carbons (Fsp3) is 0.750. The number of carboxylic acids is 1. The molecule has 0 aromatic heterocycles. The summed E-state index contributed by atoms with van der Waals surface area (Å²) in [6.45, 7) is 0.474. The van der Waals surface area contributed by atoms with E-state index in [4.69, 9.17) is 15.6 Å². The molecule has 2 atom stereocenters. The largest absolute Gasteiger partial charge is 0.480 e. The van der Waals surface area contributed by atoms with Crippen LogP contribution in [0.4, 0.5) is 0 Å². The maximum Gasteiger partial charge on any atom is 0.320 e. The van der Waals surface area contributed by atoms with E-state index in [0.29, 0.717) is 25.2 Å². The average molecular weight is 219 g/mol. The summed E-state index contributed by atoms with van der Waals surface area (Å²) in [5, 5.41) is 8.37. The summed E-state index contributed by atoms with van der Waals surface area (Å²) < 4.78 is 4.76. The Morgan fingerprint density at radius 2 is 2.50 bits per heavy atom. The fourth-order valence-corrected chi connectivity index (χ4v) is 2.23. The first kappa shape index (κ1) is 11.3. The molecule has 1 heterocycles. The number of nitrogens with two attached hydrogens (primary N) is 1. The smallest absolute Gasteiger partial charge is 0.320 e. The summed E-state index contributed by atoms with van der Waals surface area (Å²) in [4.78, 5) is 21.4. The molecule has 0 bridgehead atoms. The van der Waals surface area contributed by atoms with Crippen molar-refractivity contribution in [3.8, 4) is 0 Å². The van der Waals surface area contributed by atoms with Gasteiger partial charge in [0.1, 0.15) is 11.3 Å². The molecular weight excluding hydrogens is 206 g/mol. The molecule has 1 aliphatic rings. The molecule has 3 N–H and O–H groups in total. The van der Waals surface area contributed by atoms with E-state index in [2.05, 4.69) is 0 Å². The van der Waals surface area contributed by atoms with Gasteiger partial charge < -0.3 is 15.6 Å². The van der Waals surface area contributed by atoms with Crippen LogP contribution < -0.4 is 5.73 Å². The van der Waals surface area contributed by atoms with Gasteiger partial charge in [0.15, 0.2) is 0 Å². The van der Waals surface area contributed by atoms with E-state index < -0.39 is 12.0 Å². The van der Waals surface area contributed by atoms with Crippen molar-refractivity contribution in [2.24, 2.45) is 5.73 Å². The van der Waals surface area contributed by atoms with Crippen LogP contribution >= 0.6 is 11.8 Å². The van der Waals surface area contributed by atoms with Gasteiger partial charge in [-0.2, -0.15) is 0 Å². The van der Waals surface area contributed by atoms with Gasteiger partial charge in [-0.1, -0.05) is 0 Å². The molecule has 0 aliphatic carbocycles. The third-order valence-corrected chi connectivity index (χ3v) is 3.25. The van der Waals surface area contributed by atoms with Crippen LogP contribution in [0.1, 0.15) is 12.8 Å². The van der Waals surface area contributed by atoms with E-state index in [1.807, 2.05) is 0 Å². The van der Waals surface area contributed by atoms with Crippen molar-refractivity contribution in [3.63, 3.8) is 0 Å². The van der Waals surface area contributed by atoms with E-state index in [9.17, 15) is 9.59 Å². The lowest BCUT2D eigenvalue weighted by Gasteiger charge is -2.07. The molecular formula is C8H13NO4S. The number of cyclic esters (lactones) is 1. The van der Waals surface area contributed by atoms with Gasteiger partial charge in [0.25, 0.3) is 0 Å². The Bertz CT molecular complexity index is 233. The third kappa shape index (κ3) is 3.19. The number of hydrogen-bond acceptors (Lipinski definition) is 5. The zero-order valence-electron chi connectivity index (χ0n) is 7.64. The second-order valence-electron chi connectivity index (χ2n) is 3.05. The number of carbonyl (C=O) groups is 2. The number of ether oxygens (including phenoxy) is 1. The number of esters is 1. The van der Waals surface area contributed by atoms with Gasteiger partial charge in [-0.25, -0.2) is 0 Å². The van der Waals surface area contributed by atoms with Crippen molar-refractivity contribution in [1.29, 1.82) is 0 Å². The number of rotatable bonds is 5. The minimum absolute atomic E-state index is 0.129. The van der Waals surface area contributed by atoms with E-state index >= 15 is 0 Å². The fourth-order valence-electron chi connectivity index (χ4n) is 1.09. The van der Waals surface area contributed by atoms with Gasteiger partial charge in [-0.05, 0) is 12.2 Å². The van der Waals surface area contributed by atoms with Crippen molar-refractivity contribution in [1.82, 2.24) is 0 Å². The molecule has 1 fully saturated rings. The quantitative estimate of drug-likeness (QED) is 0.624. The van der Waals surface area contributed by atoms with Gasteiger partial charge in [-0.3, -0.25) is 9.59 Å². The van der Waals surface area contributed by atoms with Gasteiger partial charge in [-0.15, -0.1) is 11.8 Å². The molecule has 6 heteroatoms. The molecule has 0 amide bonds. The molecule has 14 heavy (non-hydrogen) atoms. The molecule has 0 radical (unpaired) electrons. The highest BCUT2D eigenvalue weighted by Gasteiger charge is 2.26. The van der Waals surface area contributed by atoms with Crippen LogP contribution in [0.15, 0.2) is 0 Å². The van der Waals surface area contributed by atoms with Crippen LogP contribution in [0.2, 0.25) is 0 Å². The van der Waals surface area contributed by atoms with Gasteiger partial charge >= 0.3 is 11.9 Å². The molecule has 80 valence electrons. The number of hydrogen-bond donors (Lipinski definition) is 2. The standard InChI is InChI=1S/C8H13NO4S/c9-5(7(10)11)2-4-14-6-1-3-13-8(6)12/h5-6H,1-4,9H2,(H,10,11). The summed E-state index contributed by atoms with van der Waals surface area (Å²) in [6.07, 6.45) is 1.09. The van der Waals surface area contributed by atoms with Crippen LogP contribution in [0.25, 0.3) is 0 Å². The first-order chi connectivity index (χ1) is 6.61. The number of aliphatic carboxylic acids is 1. The summed E-state index contributed by atoms with van der Waals surface area (Å²) in [7, 11) is 0. The molecule has 1 rings (SSSR count). The second-order valence-corrected chi connectivity index (χ2v) is 4.36. The number of thioether (sulfide) groups is 1. The minimum Gasteiger partial charge on any atom is -0.480 e. The van der Waals surface area contributed by atoms with Crippen LogP contribution in [0.3, 0.4) is 0 Å². The van der Waals surface area contributed by atoms with Crippen LogP contribution in [0.5, 0.6) is 0 Å². The minimum atomic E-state index is -1.00. The zero-order valence-corrected chi connectivity index (χ0v) is 8.46. The summed E-state index contributed by atoms with van der Waals surface area (Å²) >= 11 is 1.42. The lowest BCUT2D eigenvalue weighted by Crippen LogP contribution is -2.30. The predicted molar refractivity (Wildman–Crippen MR) is 52.1 cm³/mol. The maximum atomic E-state index is 11.0. The summed E-state index contributed by atoms with van der Waals surface area (Å²) in [6, 6.07) is -0.833. The maximum absolute atomic E-state index is 11.0. The molecule has 1 saturated heterocycles. The normalized spacial score (nSPS) is 23.2. The first-order valence-electron chi connectivity index (χ1n) is 4.38. The van der Waals surface area contributed by atoms with Crippen molar-refractivity contribution in [3.05, 3.63) is 0 Å². The average Bonchev–Trinajstić information content (AvgIpc) is 2.51. The van der Waals surface area contributed by atoms with Crippen LogP contribution in [-0.4, -0.2) is 40.7 Å². The summed E-state index contributed by atoms with van der Waals surface area (Å²) in [5.74, 6) is -0.619. The van der Waals surface area contributed by atoms with Gasteiger partial charge in [0.2, 0.25) is 0 Å². The highest BCUT2D eigenvalue weighted by Crippen LogP contribution is 2.22. The van der Waals surface area contributed by atoms with E-state index in [0.717, 1.165) is 0 Å². The van der Waals surface area contributed by atoms with Crippen molar-refractivity contribution in [2.75, 3.05) is 12.4 Å². The highest BCUT2D eigenvalue weighted by molar-refractivity contribution is 8.00. The van der Waals surface area contributed by atoms with Crippen molar-refractivity contribution >= 4 is 23.7 Å². The Morgan fingerprint density at radius 1 is 1.79 bits per heavy atom. The van der Waals surface area contributed by atoms with Gasteiger partial charge in [0, 0.05) is 6.42 Å². The Morgan fingerprint density at radius 3 is 3.00 bits per heavy atom. The first-order valence-corrected chi connectivity index (χ1v) is 5.42. The van der Waals surface area contributed by atoms with Crippen LogP contribution in [0, 0.1) is 0 Å². The molecule has 1 aliphatic heterocycles. The van der Waals surface area contributed by atoms with E-state index in [-0.39, 0.29) is 11.2 Å². The molecule has 2 unspecified atom stereocenters. The Balaban J connectivity index is 2.15. The lowest BCUT2D eigenvalue weighted by atomic mass is 10.2. The Labute approximate surface area is 86.0 Å². The topological polar surface area (TPSA) is 89.6 Å². The Kier molecular flexibility index (Phi) is 4.21. The molecule has 0 aromatic carbocycles. The highest BCUT2D eigenvalue weighted by atomic mass is 32.2. The SMILES string of the molecule is NC(CCSC1CCOC1=O)C(=O)O. The number of carbonyl (C=O) groups excluding carboxylic acids is 1. The van der Waals surface area contributed by atoms with E-state index in [1.165, 1.54) is 11.8 Å². The molecule has 0 spiro atoms. The third-order valence-electron chi connectivity index (χ3n) is 1.95. The van der Waals surface area contributed by atoms with Crippen molar-refractivity contribution in [2.45, 2.75) is 24.1 Å². The molecule has 5 nitrogen and oxygen atoms in total. The van der Waals surface area contributed by atoms with Gasteiger partial charge in [0.05, 0.1) is 6.61 Å². The zero-order chi connectivity index (χ0) is 10.6. The predicted octanol–water partition coefficient (Wildman–Crippen LogP) is -0.163. The lowest BCUT2D eigenvalue weighted by molar-refractivity contribution is -0.139. The van der Waals surface area contributed by atoms with Crippen molar-refractivity contribution < 1.29 is 19.4 Å². The monoisotopic (exact) mass is 219 g/mol. The second kappa shape index (κ2) is 5.21. The van der Waals surface area contributed by atoms with E-state index in [1.54, 1.807) is 0 Å². The number of carboxylic acid groups (broad SMARTS) is 1. The Hall–Kier alpha value is -0.750. The van der Waals surface area contributed by atoms with Crippen LogP contribution in [-0.2, 0) is 14.3 Å². The molecule has 0 saturated carbocycles.